The van der Waals surface area contributed by atoms with E-state index in [0.29, 0.717) is 0 Å². The summed E-state index contributed by atoms with van der Waals surface area (Å²) in [7, 11) is 0. The van der Waals surface area contributed by atoms with E-state index in [0.717, 1.165) is 12.1 Å². The molecule has 14 heavy (non-hydrogen) atoms. The first-order valence-electron chi connectivity index (χ1n) is 4.41. The number of halogens is 1. The van der Waals surface area contributed by atoms with Crippen molar-refractivity contribution in [1.82, 2.24) is 5.32 Å². The van der Waals surface area contributed by atoms with Crippen molar-refractivity contribution < 1.29 is 10.2 Å². The topological polar surface area (TPSA) is 52.5 Å². The van der Waals surface area contributed by atoms with Crippen molar-refractivity contribution in [3.05, 3.63) is 29.8 Å². The van der Waals surface area contributed by atoms with Crippen molar-refractivity contribution in [3.8, 4) is 5.75 Å². The fourth-order valence-electron chi connectivity index (χ4n) is 1.24. The number of aliphatic hydroxyl groups excluding tert-OH is 1. The number of nitrogens with one attached hydrogen (secondary N) is 1. The number of likely N-dealkylation sites (N-methyl/N-ethyl adjacent to an activating group) is 1. The van der Waals surface area contributed by atoms with E-state index < -0.39 is 0 Å². The van der Waals surface area contributed by atoms with Gasteiger partial charge in [-0.15, -0.1) is 12.4 Å². The molecule has 0 radical (unpaired) electrons. The van der Waals surface area contributed by atoms with Gasteiger partial charge in [0.15, 0.2) is 0 Å². The van der Waals surface area contributed by atoms with Gasteiger partial charge in [0.05, 0.1) is 12.6 Å². The smallest absolute Gasteiger partial charge is 0.115 e. The Morgan fingerprint density at radius 2 is 1.86 bits per heavy atom. The minimum Gasteiger partial charge on any atom is -0.508 e. The summed E-state index contributed by atoms with van der Waals surface area (Å²) in [6, 6.07) is 6.81. The van der Waals surface area contributed by atoms with Crippen LogP contribution in [-0.4, -0.2) is 23.4 Å². The Labute approximate surface area is 90.2 Å². The van der Waals surface area contributed by atoms with E-state index in [1.54, 1.807) is 24.3 Å². The molecule has 0 amide bonds. The molecule has 3 nitrogen and oxygen atoms in total. The van der Waals surface area contributed by atoms with Gasteiger partial charge in [0.2, 0.25) is 0 Å². The highest BCUT2D eigenvalue weighted by Gasteiger charge is 2.07. The number of hydrogen-bond acceptors (Lipinski definition) is 3. The molecule has 0 bridgehead atoms. The zero-order valence-electron chi connectivity index (χ0n) is 8.10. The van der Waals surface area contributed by atoms with Crippen LogP contribution in [0.5, 0.6) is 5.75 Å². The number of aliphatic hydroxyl groups is 1. The van der Waals surface area contributed by atoms with E-state index in [9.17, 15) is 0 Å². The van der Waals surface area contributed by atoms with Crippen LogP contribution in [0.1, 0.15) is 18.5 Å². The van der Waals surface area contributed by atoms with Crippen LogP contribution in [0.25, 0.3) is 0 Å². The highest BCUT2D eigenvalue weighted by atomic mass is 35.5. The van der Waals surface area contributed by atoms with Crippen molar-refractivity contribution in [2.45, 2.75) is 13.0 Å². The van der Waals surface area contributed by atoms with E-state index in [-0.39, 0.29) is 30.8 Å². The Kier molecular flexibility index (Phi) is 6.28. The Balaban J connectivity index is 0.00000169. The number of phenolic OH excluding ortho intramolecular Hbond substituents is 1. The van der Waals surface area contributed by atoms with Gasteiger partial charge in [0.25, 0.3) is 0 Å². The van der Waals surface area contributed by atoms with Gasteiger partial charge in [-0.1, -0.05) is 19.1 Å². The number of aromatic hydroxyl groups is 1. The van der Waals surface area contributed by atoms with Gasteiger partial charge in [-0.3, -0.25) is 0 Å². The quantitative estimate of drug-likeness (QED) is 0.716. The molecule has 4 heteroatoms. The lowest BCUT2D eigenvalue weighted by Gasteiger charge is -2.15. The minimum absolute atomic E-state index is 0. The summed E-state index contributed by atoms with van der Waals surface area (Å²) in [6.07, 6.45) is 0. The summed E-state index contributed by atoms with van der Waals surface area (Å²) >= 11 is 0. The van der Waals surface area contributed by atoms with Crippen LogP contribution < -0.4 is 5.32 Å². The van der Waals surface area contributed by atoms with Crippen molar-refractivity contribution in [1.29, 1.82) is 0 Å². The van der Waals surface area contributed by atoms with Gasteiger partial charge in [0.1, 0.15) is 5.75 Å². The second kappa shape index (κ2) is 6.65. The molecule has 0 aromatic heterocycles. The van der Waals surface area contributed by atoms with E-state index in [4.69, 9.17) is 10.2 Å². The third kappa shape index (κ3) is 3.54. The second-order valence-electron chi connectivity index (χ2n) is 2.88. The fourth-order valence-corrected chi connectivity index (χ4v) is 1.24. The first-order chi connectivity index (χ1) is 6.27. The summed E-state index contributed by atoms with van der Waals surface area (Å²) in [4.78, 5) is 0. The van der Waals surface area contributed by atoms with Crippen molar-refractivity contribution in [2.24, 2.45) is 0 Å². The van der Waals surface area contributed by atoms with Gasteiger partial charge in [-0.25, -0.2) is 0 Å². The van der Waals surface area contributed by atoms with E-state index in [1.165, 1.54) is 0 Å². The molecule has 1 atom stereocenters. The summed E-state index contributed by atoms with van der Waals surface area (Å²) in [6.45, 7) is 2.87. The molecule has 3 N–H and O–H groups in total. The fraction of sp³-hybridized carbons (Fsp3) is 0.400. The molecule has 0 saturated heterocycles. The number of rotatable bonds is 4. The Morgan fingerprint density at radius 3 is 2.29 bits per heavy atom. The van der Waals surface area contributed by atoms with Crippen molar-refractivity contribution >= 4 is 12.4 Å². The van der Waals surface area contributed by atoms with Gasteiger partial charge in [0, 0.05) is 0 Å². The average Bonchev–Trinajstić information content (AvgIpc) is 2.16. The summed E-state index contributed by atoms with van der Waals surface area (Å²) in [5.41, 5.74) is 0.988. The molecular weight excluding hydrogens is 202 g/mol. The summed E-state index contributed by atoms with van der Waals surface area (Å²) in [5.74, 6) is 0.247. The average molecular weight is 218 g/mol. The van der Waals surface area contributed by atoms with Gasteiger partial charge >= 0.3 is 0 Å². The zero-order chi connectivity index (χ0) is 9.68. The standard InChI is InChI=1S/C10H15NO2.ClH/c1-2-11-10(7-12)8-3-5-9(13)6-4-8;/h3-6,10-13H,2,7H2,1H3;1H. The van der Waals surface area contributed by atoms with E-state index in [2.05, 4.69) is 5.32 Å². The van der Waals surface area contributed by atoms with Crippen LogP contribution in [0.3, 0.4) is 0 Å². The first-order valence-corrected chi connectivity index (χ1v) is 4.41. The monoisotopic (exact) mass is 217 g/mol. The second-order valence-corrected chi connectivity index (χ2v) is 2.88. The van der Waals surface area contributed by atoms with Crippen molar-refractivity contribution in [2.75, 3.05) is 13.2 Å². The molecule has 0 aliphatic carbocycles. The maximum atomic E-state index is 9.06. The SMILES string of the molecule is CCNC(CO)c1ccc(O)cc1.Cl. The lowest BCUT2D eigenvalue weighted by molar-refractivity contribution is 0.246. The molecule has 0 aliphatic heterocycles. The normalized spacial score (nSPS) is 11.9. The third-order valence-electron chi connectivity index (χ3n) is 1.93. The maximum Gasteiger partial charge on any atom is 0.115 e. The summed E-state index contributed by atoms with van der Waals surface area (Å²) < 4.78 is 0. The third-order valence-corrected chi connectivity index (χ3v) is 1.93. The Hall–Kier alpha value is -0.770. The maximum absolute atomic E-state index is 9.06. The van der Waals surface area contributed by atoms with Crippen LogP contribution in [0.2, 0.25) is 0 Å². The molecule has 1 unspecified atom stereocenters. The lowest BCUT2D eigenvalue weighted by Crippen LogP contribution is -2.23. The molecule has 1 aromatic rings. The highest BCUT2D eigenvalue weighted by Crippen LogP contribution is 2.16. The van der Waals surface area contributed by atoms with Gasteiger partial charge < -0.3 is 15.5 Å². The van der Waals surface area contributed by atoms with Crippen LogP contribution in [0.15, 0.2) is 24.3 Å². The van der Waals surface area contributed by atoms with Crippen LogP contribution in [-0.2, 0) is 0 Å². The van der Waals surface area contributed by atoms with Gasteiger partial charge in [-0.2, -0.15) is 0 Å². The molecule has 0 fully saturated rings. The van der Waals surface area contributed by atoms with E-state index in [1.807, 2.05) is 6.92 Å². The Bertz CT molecular complexity index is 251. The van der Waals surface area contributed by atoms with Crippen molar-refractivity contribution in [3.63, 3.8) is 0 Å². The molecular formula is C10H16ClNO2. The van der Waals surface area contributed by atoms with Crippen LogP contribution in [0, 0.1) is 0 Å². The predicted molar refractivity (Wildman–Crippen MR) is 58.9 cm³/mol. The number of benzene rings is 1. The zero-order valence-corrected chi connectivity index (χ0v) is 8.92. The minimum atomic E-state index is -0.0365. The lowest BCUT2D eigenvalue weighted by atomic mass is 10.1. The largest absolute Gasteiger partial charge is 0.508 e. The number of phenols is 1. The van der Waals surface area contributed by atoms with Crippen LogP contribution >= 0.6 is 12.4 Å². The molecule has 1 rings (SSSR count). The number of hydrogen-bond donors (Lipinski definition) is 3. The predicted octanol–water partition coefficient (Wildman–Crippen LogP) is 1.46. The molecule has 1 aromatic carbocycles. The highest BCUT2D eigenvalue weighted by molar-refractivity contribution is 5.85. The molecule has 80 valence electrons. The molecule has 0 saturated carbocycles. The van der Waals surface area contributed by atoms with Crippen LogP contribution in [0.4, 0.5) is 0 Å². The first kappa shape index (κ1) is 13.2. The molecule has 0 aliphatic rings. The molecule has 0 heterocycles. The van der Waals surface area contributed by atoms with E-state index >= 15 is 0 Å². The molecule has 0 spiro atoms. The van der Waals surface area contributed by atoms with Gasteiger partial charge in [-0.05, 0) is 24.2 Å². The Morgan fingerprint density at radius 1 is 1.29 bits per heavy atom. The summed E-state index contributed by atoms with van der Waals surface area (Å²) in [5, 5.41) is 21.2.